The summed E-state index contributed by atoms with van der Waals surface area (Å²) in [6.07, 6.45) is 2.30. The number of nitro groups is 1. The Hall–Kier alpha value is -2.15. The van der Waals surface area contributed by atoms with Gasteiger partial charge in [0.15, 0.2) is 0 Å². The zero-order chi connectivity index (χ0) is 15.1. The average Bonchev–Trinajstić information content (AvgIpc) is 2.70. The monoisotopic (exact) mass is 292 g/mol. The molecule has 2 unspecified atom stereocenters. The van der Waals surface area contributed by atoms with E-state index in [-0.39, 0.29) is 17.6 Å². The standard InChI is InChI=1S/C14H16N2O5/c17-10-6-8-4-5-9(7-10)15(8)14(19)11-2-1-3-12(13(11)18)16(20)21/h1-3,8-10,17-18H,4-7H2. The Bertz CT molecular complexity index is 589. The molecule has 2 N–H and O–H groups in total. The molecule has 112 valence electrons. The molecule has 7 nitrogen and oxygen atoms in total. The molecule has 0 aromatic heterocycles. The number of rotatable bonds is 2. The highest BCUT2D eigenvalue weighted by molar-refractivity contribution is 5.98. The molecule has 0 spiro atoms. The number of aromatic hydroxyl groups is 1. The number of aliphatic hydroxyl groups excluding tert-OH is 1. The molecule has 2 atom stereocenters. The summed E-state index contributed by atoms with van der Waals surface area (Å²) in [5.74, 6) is -0.978. The fourth-order valence-corrected chi connectivity index (χ4v) is 3.47. The van der Waals surface area contributed by atoms with Crippen LogP contribution < -0.4 is 0 Å². The third-order valence-electron chi connectivity index (χ3n) is 4.38. The highest BCUT2D eigenvalue weighted by Crippen LogP contribution is 2.39. The number of aliphatic hydroxyl groups is 1. The molecule has 2 aliphatic heterocycles. The zero-order valence-electron chi connectivity index (χ0n) is 11.3. The van der Waals surface area contributed by atoms with Gasteiger partial charge in [-0.3, -0.25) is 14.9 Å². The van der Waals surface area contributed by atoms with Crippen LogP contribution in [0.1, 0.15) is 36.0 Å². The maximum absolute atomic E-state index is 12.6. The molecule has 1 aromatic carbocycles. The van der Waals surface area contributed by atoms with E-state index >= 15 is 0 Å². The summed E-state index contributed by atoms with van der Waals surface area (Å²) < 4.78 is 0. The molecule has 21 heavy (non-hydrogen) atoms. The topological polar surface area (TPSA) is 104 Å². The lowest BCUT2D eigenvalue weighted by molar-refractivity contribution is -0.385. The van der Waals surface area contributed by atoms with Gasteiger partial charge in [-0.25, -0.2) is 0 Å². The number of hydrogen-bond acceptors (Lipinski definition) is 5. The van der Waals surface area contributed by atoms with Crippen LogP contribution in [0.5, 0.6) is 5.75 Å². The van der Waals surface area contributed by atoms with E-state index in [0.29, 0.717) is 12.8 Å². The summed E-state index contributed by atoms with van der Waals surface area (Å²) in [4.78, 5) is 24.4. The van der Waals surface area contributed by atoms with Crippen molar-refractivity contribution in [3.05, 3.63) is 33.9 Å². The van der Waals surface area contributed by atoms with Crippen molar-refractivity contribution in [2.24, 2.45) is 0 Å². The molecule has 0 saturated carbocycles. The lowest BCUT2D eigenvalue weighted by Crippen LogP contribution is -2.48. The van der Waals surface area contributed by atoms with Crippen LogP contribution in [0.4, 0.5) is 5.69 Å². The minimum atomic E-state index is -0.708. The summed E-state index contributed by atoms with van der Waals surface area (Å²) in [7, 11) is 0. The smallest absolute Gasteiger partial charge is 0.311 e. The highest BCUT2D eigenvalue weighted by Gasteiger charge is 2.43. The van der Waals surface area contributed by atoms with Crippen molar-refractivity contribution in [1.29, 1.82) is 0 Å². The number of nitro benzene ring substituents is 1. The molecular formula is C14H16N2O5. The van der Waals surface area contributed by atoms with Gasteiger partial charge in [0.2, 0.25) is 5.75 Å². The quantitative estimate of drug-likeness (QED) is 0.634. The van der Waals surface area contributed by atoms with Crippen LogP contribution in [0.2, 0.25) is 0 Å². The van der Waals surface area contributed by atoms with E-state index < -0.39 is 28.4 Å². The second-order valence-electron chi connectivity index (χ2n) is 5.65. The van der Waals surface area contributed by atoms with Crippen LogP contribution in [0.15, 0.2) is 18.2 Å². The average molecular weight is 292 g/mol. The maximum Gasteiger partial charge on any atom is 0.311 e. The maximum atomic E-state index is 12.6. The van der Waals surface area contributed by atoms with Crippen molar-refractivity contribution >= 4 is 11.6 Å². The Balaban J connectivity index is 1.93. The number of nitrogens with zero attached hydrogens (tertiary/aromatic N) is 2. The van der Waals surface area contributed by atoms with E-state index in [1.807, 2.05) is 0 Å². The number of benzene rings is 1. The van der Waals surface area contributed by atoms with Crippen molar-refractivity contribution in [2.75, 3.05) is 0 Å². The molecule has 2 fully saturated rings. The molecule has 7 heteroatoms. The van der Waals surface area contributed by atoms with Gasteiger partial charge in [-0.05, 0) is 31.7 Å². The molecule has 2 heterocycles. The first-order valence-corrected chi connectivity index (χ1v) is 6.96. The van der Waals surface area contributed by atoms with Crippen LogP contribution in [-0.4, -0.2) is 44.1 Å². The Kier molecular flexibility index (Phi) is 3.29. The van der Waals surface area contributed by atoms with Crippen molar-refractivity contribution < 1.29 is 19.9 Å². The van der Waals surface area contributed by atoms with Gasteiger partial charge in [0.25, 0.3) is 5.91 Å². The lowest BCUT2D eigenvalue weighted by Gasteiger charge is -2.37. The van der Waals surface area contributed by atoms with Gasteiger partial charge in [-0.1, -0.05) is 6.07 Å². The van der Waals surface area contributed by atoms with Gasteiger partial charge in [0.1, 0.15) is 0 Å². The van der Waals surface area contributed by atoms with E-state index in [1.54, 1.807) is 4.90 Å². The van der Waals surface area contributed by atoms with Crippen LogP contribution >= 0.6 is 0 Å². The second kappa shape index (κ2) is 5.00. The number of hydrogen-bond donors (Lipinski definition) is 2. The molecule has 0 radical (unpaired) electrons. The van der Waals surface area contributed by atoms with Crippen molar-refractivity contribution in [2.45, 2.75) is 43.9 Å². The van der Waals surface area contributed by atoms with Gasteiger partial charge in [-0.2, -0.15) is 0 Å². The summed E-state index contributed by atoms with van der Waals surface area (Å²) in [5, 5.41) is 30.6. The number of para-hydroxylation sites is 1. The number of amides is 1. The molecule has 2 aliphatic rings. The summed E-state index contributed by atoms with van der Waals surface area (Å²) in [6, 6.07) is 3.86. The fourth-order valence-electron chi connectivity index (χ4n) is 3.47. The van der Waals surface area contributed by atoms with E-state index in [2.05, 4.69) is 0 Å². The molecule has 1 aromatic rings. The largest absolute Gasteiger partial charge is 0.502 e. The Morgan fingerprint density at radius 3 is 2.48 bits per heavy atom. The molecule has 0 aliphatic carbocycles. The number of phenolic OH excluding ortho intramolecular Hbond substituents is 1. The molecule has 2 bridgehead atoms. The van der Waals surface area contributed by atoms with E-state index in [4.69, 9.17) is 0 Å². The van der Waals surface area contributed by atoms with Crippen molar-refractivity contribution in [3.63, 3.8) is 0 Å². The van der Waals surface area contributed by atoms with Gasteiger partial charge in [0, 0.05) is 18.2 Å². The molecule has 2 saturated heterocycles. The van der Waals surface area contributed by atoms with E-state index in [9.17, 15) is 25.1 Å². The Labute approximate surface area is 121 Å². The highest BCUT2D eigenvalue weighted by atomic mass is 16.6. The number of piperidine rings is 1. The fraction of sp³-hybridized carbons (Fsp3) is 0.500. The van der Waals surface area contributed by atoms with Gasteiger partial charge >= 0.3 is 5.69 Å². The summed E-state index contributed by atoms with van der Waals surface area (Å²) in [6.45, 7) is 0. The Morgan fingerprint density at radius 1 is 1.29 bits per heavy atom. The van der Waals surface area contributed by atoms with E-state index in [0.717, 1.165) is 12.8 Å². The number of fused-ring (bicyclic) bond motifs is 2. The van der Waals surface area contributed by atoms with Crippen molar-refractivity contribution in [3.8, 4) is 5.75 Å². The molecular weight excluding hydrogens is 276 g/mol. The third kappa shape index (κ3) is 2.23. The number of carbonyl (C=O) groups is 1. The van der Waals surface area contributed by atoms with Gasteiger partial charge < -0.3 is 15.1 Å². The predicted octanol–water partition coefficient (Wildman–Crippen LogP) is 1.43. The first-order chi connectivity index (χ1) is 9.99. The number of phenols is 1. The molecule has 1 amide bonds. The molecule has 3 rings (SSSR count). The van der Waals surface area contributed by atoms with Crippen molar-refractivity contribution in [1.82, 2.24) is 4.90 Å². The van der Waals surface area contributed by atoms with Crippen LogP contribution in [-0.2, 0) is 0 Å². The van der Waals surface area contributed by atoms with Gasteiger partial charge in [-0.15, -0.1) is 0 Å². The van der Waals surface area contributed by atoms with Crippen LogP contribution in [0.25, 0.3) is 0 Å². The van der Waals surface area contributed by atoms with E-state index in [1.165, 1.54) is 18.2 Å². The van der Waals surface area contributed by atoms with Gasteiger partial charge in [0.05, 0.1) is 16.6 Å². The lowest BCUT2D eigenvalue weighted by atomic mass is 9.98. The first kappa shape index (κ1) is 13.8. The second-order valence-corrected chi connectivity index (χ2v) is 5.65. The first-order valence-electron chi connectivity index (χ1n) is 6.96. The predicted molar refractivity (Wildman–Crippen MR) is 73.0 cm³/mol. The SMILES string of the molecule is O=C(c1cccc([N+](=O)[O-])c1O)N1C2CCC1CC(O)C2. The third-order valence-corrected chi connectivity index (χ3v) is 4.38. The number of carbonyl (C=O) groups excluding carboxylic acids is 1. The minimum absolute atomic E-state index is 0.0440. The van der Waals surface area contributed by atoms with Crippen LogP contribution in [0, 0.1) is 10.1 Å². The van der Waals surface area contributed by atoms with Crippen LogP contribution in [0.3, 0.4) is 0 Å². The minimum Gasteiger partial charge on any atom is -0.502 e. The summed E-state index contributed by atoms with van der Waals surface area (Å²) >= 11 is 0. The Morgan fingerprint density at radius 2 is 1.90 bits per heavy atom. The zero-order valence-corrected chi connectivity index (χ0v) is 11.3. The summed E-state index contributed by atoms with van der Waals surface area (Å²) in [5.41, 5.74) is -0.511. The normalized spacial score (nSPS) is 27.7.